The fourth-order valence-electron chi connectivity index (χ4n) is 2.80. The number of rotatable bonds is 3. The van der Waals surface area contributed by atoms with E-state index in [1.165, 1.54) is 22.1 Å². The summed E-state index contributed by atoms with van der Waals surface area (Å²) in [4.78, 5) is 0. The molecule has 0 bridgehead atoms. The zero-order chi connectivity index (χ0) is 15.1. The second-order valence-corrected chi connectivity index (χ2v) is 7.04. The quantitative estimate of drug-likeness (QED) is 0.862. The SMILES string of the molecule is CNCc1oc2c(C)cc(C(C)(C)C)cc2c1C(C)C. The van der Waals surface area contributed by atoms with Crippen LogP contribution in [-0.2, 0) is 12.0 Å². The summed E-state index contributed by atoms with van der Waals surface area (Å²) in [7, 11) is 1.96. The molecule has 0 atom stereocenters. The molecule has 2 aromatic rings. The molecule has 2 nitrogen and oxygen atoms in total. The molecule has 0 saturated carbocycles. The summed E-state index contributed by atoms with van der Waals surface area (Å²) in [6.07, 6.45) is 0. The van der Waals surface area contributed by atoms with E-state index in [-0.39, 0.29) is 5.41 Å². The number of fused-ring (bicyclic) bond motifs is 1. The lowest BCUT2D eigenvalue weighted by atomic mass is 9.84. The van der Waals surface area contributed by atoms with Crippen molar-refractivity contribution in [1.29, 1.82) is 0 Å². The molecule has 0 unspecified atom stereocenters. The maximum atomic E-state index is 6.14. The molecule has 0 aliphatic heterocycles. The molecule has 0 aliphatic carbocycles. The standard InChI is InChI=1S/C18H27NO/c1-11(2)16-14-9-13(18(4,5)6)8-12(3)17(14)20-15(16)10-19-7/h8-9,11,19H,10H2,1-7H3. The Balaban J connectivity index is 2.76. The number of aryl methyl sites for hydroxylation is 1. The number of nitrogens with one attached hydrogen (secondary N) is 1. The monoisotopic (exact) mass is 273 g/mol. The molecular weight excluding hydrogens is 246 g/mol. The van der Waals surface area contributed by atoms with Gasteiger partial charge in [0, 0.05) is 10.9 Å². The Bertz CT molecular complexity index is 614. The molecule has 20 heavy (non-hydrogen) atoms. The van der Waals surface area contributed by atoms with Crippen molar-refractivity contribution in [2.45, 2.75) is 59.4 Å². The van der Waals surface area contributed by atoms with Gasteiger partial charge in [0.1, 0.15) is 11.3 Å². The van der Waals surface area contributed by atoms with Crippen LogP contribution in [0.1, 0.15) is 63.0 Å². The third kappa shape index (κ3) is 2.62. The molecule has 1 heterocycles. The number of furan rings is 1. The first-order valence-electron chi connectivity index (χ1n) is 7.46. The van der Waals surface area contributed by atoms with E-state index < -0.39 is 0 Å². The summed E-state index contributed by atoms with van der Waals surface area (Å²) in [6.45, 7) is 14.2. The van der Waals surface area contributed by atoms with Gasteiger partial charge in [-0.1, -0.05) is 40.7 Å². The summed E-state index contributed by atoms with van der Waals surface area (Å²) in [5.74, 6) is 1.54. The van der Waals surface area contributed by atoms with Gasteiger partial charge in [0.25, 0.3) is 0 Å². The Morgan fingerprint density at radius 3 is 2.35 bits per heavy atom. The van der Waals surface area contributed by atoms with E-state index in [2.05, 4.69) is 59.0 Å². The van der Waals surface area contributed by atoms with Crippen LogP contribution in [0.4, 0.5) is 0 Å². The lowest BCUT2D eigenvalue weighted by Crippen LogP contribution is -2.11. The van der Waals surface area contributed by atoms with Crippen LogP contribution in [0.25, 0.3) is 11.0 Å². The van der Waals surface area contributed by atoms with Gasteiger partial charge in [-0.25, -0.2) is 0 Å². The molecule has 0 radical (unpaired) electrons. The third-order valence-corrected chi connectivity index (χ3v) is 3.87. The van der Waals surface area contributed by atoms with E-state index in [1.807, 2.05) is 7.05 Å². The largest absolute Gasteiger partial charge is 0.459 e. The number of benzene rings is 1. The summed E-state index contributed by atoms with van der Waals surface area (Å²) in [5, 5.41) is 4.50. The van der Waals surface area contributed by atoms with Gasteiger partial charge in [-0.05, 0) is 42.5 Å². The average Bonchev–Trinajstić information content (AvgIpc) is 2.67. The second kappa shape index (κ2) is 5.25. The predicted octanol–water partition coefficient (Wildman–Crippen LogP) is 4.88. The first-order valence-corrected chi connectivity index (χ1v) is 7.46. The highest BCUT2D eigenvalue weighted by atomic mass is 16.3. The first kappa shape index (κ1) is 15.1. The number of hydrogen-bond acceptors (Lipinski definition) is 2. The van der Waals surface area contributed by atoms with Gasteiger partial charge in [-0.15, -0.1) is 0 Å². The van der Waals surface area contributed by atoms with Crippen molar-refractivity contribution in [3.05, 3.63) is 34.6 Å². The molecule has 1 N–H and O–H groups in total. The van der Waals surface area contributed by atoms with Gasteiger partial charge >= 0.3 is 0 Å². The molecule has 0 spiro atoms. The van der Waals surface area contributed by atoms with Crippen LogP contribution < -0.4 is 5.32 Å². The molecule has 0 fully saturated rings. The highest BCUT2D eigenvalue weighted by molar-refractivity contribution is 5.86. The average molecular weight is 273 g/mol. The normalized spacial score (nSPS) is 12.6. The van der Waals surface area contributed by atoms with Crippen LogP contribution in [0.15, 0.2) is 16.5 Å². The van der Waals surface area contributed by atoms with Crippen molar-refractivity contribution in [2.75, 3.05) is 7.05 Å². The minimum absolute atomic E-state index is 0.160. The molecule has 2 rings (SSSR count). The van der Waals surface area contributed by atoms with Gasteiger partial charge < -0.3 is 9.73 Å². The van der Waals surface area contributed by atoms with Crippen LogP contribution in [0.5, 0.6) is 0 Å². The fraction of sp³-hybridized carbons (Fsp3) is 0.556. The molecule has 110 valence electrons. The van der Waals surface area contributed by atoms with Gasteiger partial charge in [0.2, 0.25) is 0 Å². The number of hydrogen-bond donors (Lipinski definition) is 1. The molecule has 0 aliphatic rings. The van der Waals surface area contributed by atoms with Crippen LogP contribution in [0.2, 0.25) is 0 Å². The van der Waals surface area contributed by atoms with Crippen molar-refractivity contribution in [1.82, 2.24) is 5.32 Å². The highest BCUT2D eigenvalue weighted by Crippen LogP contribution is 2.36. The topological polar surface area (TPSA) is 25.2 Å². The molecule has 2 heteroatoms. The Morgan fingerprint density at radius 1 is 1.20 bits per heavy atom. The van der Waals surface area contributed by atoms with Gasteiger partial charge in [0.15, 0.2) is 0 Å². The Hall–Kier alpha value is -1.28. The zero-order valence-corrected chi connectivity index (χ0v) is 13.8. The molecule has 0 saturated heterocycles. The lowest BCUT2D eigenvalue weighted by molar-refractivity contribution is 0.518. The summed E-state index contributed by atoms with van der Waals surface area (Å²) < 4.78 is 6.14. The Kier molecular flexibility index (Phi) is 3.97. The summed E-state index contributed by atoms with van der Waals surface area (Å²) in [5.41, 5.74) is 5.17. The van der Waals surface area contributed by atoms with Crippen LogP contribution in [0.3, 0.4) is 0 Å². The predicted molar refractivity (Wildman–Crippen MR) is 86.5 cm³/mol. The van der Waals surface area contributed by atoms with Crippen molar-refractivity contribution in [3.63, 3.8) is 0 Å². The molecule has 0 amide bonds. The van der Waals surface area contributed by atoms with Crippen molar-refractivity contribution >= 4 is 11.0 Å². The van der Waals surface area contributed by atoms with Crippen molar-refractivity contribution < 1.29 is 4.42 Å². The van der Waals surface area contributed by atoms with Gasteiger partial charge in [-0.2, -0.15) is 0 Å². The maximum Gasteiger partial charge on any atom is 0.137 e. The minimum atomic E-state index is 0.160. The van der Waals surface area contributed by atoms with E-state index in [9.17, 15) is 0 Å². The maximum absolute atomic E-state index is 6.14. The van der Waals surface area contributed by atoms with E-state index in [0.29, 0.717) is 5.92 Å². The summed E-state index contributed by atoms with van der Waals surface area (Å²) in [6, 6.07) is 4.58. The smallest absolute Gasteiger partial charge is 0.137 e. The van der Waals surface area contributed by atoms with E-state index in [1.54, 1.807) is 0 Å². The minimum Gasteiger partial charge on any atom is -0.459 e. The van der Waals surface area contributed by atoms with Crippen molar-refractivity contribution in [2.24, 2.45) is 0 Å². The Labute approximate surface area is 122 Å². The first-order chi connectivity index (χ1) is 9.25. The van der Waals surface area contributed by atoms with Crippen LogP contribution in [0, 0.1) is 6.92 Å². The van der Waals surface area contributed by atoms with E-state index in [4.69, 9.17) is 4.42 Å². The fourth-order valence-corrected chi connectivity index (χ4v) is 2.80. The molecular formula is C18H27NO. The van der Waals surface area contributed by atoms with Gasteiger partial charge in [-0.3, -0.25) is 0 Å². The van der Waals surface area contributed by atoms with Gasteiger partial charge in [0.05, 0.1) is 6.54 Å². The highest BCUT2D eigenvalue weighted by Gasteiger charge is 2.21. The Morgan fingerprint density at radius 2 is 1.85 bits per heavy atom. The molecule has 1 aromatic carbocycles. The van der Waals surface area contributed by atoms with Crippen LogP contribution in [-0.4, -0.2) is 7.05 Å². The summed E-state index contributed by atoms with van der Waals surface area (Å²) >= 11 is 0. The third-order valence-electron chi connectivity index (χ3n) is 3.87. The van der Waals surface area contributed by atoms with E-state index in [0.717, 1.165) is 17.9 Å². The van der Waals surface area contributed by atoms with E-state index >= 15 is 0 Å². The van der Waals surface area contributed by atoms with Crippen LogP contribution >= 0.6 is 0 Å². The lowest BCUT2D eigenvalue weighted by Gasteiger charge is -2.20. The van der Waals surface area contributed by atoms with Crippen molar-refractivity contribution in [3.8, 4) is 0 Å². The second-order valence-electron chi connectivity index (χ2n) is 7.04. The zero-order valence-electron chi connectivity index (χ0n) is 13.8. The molecule has 1 aromatic heterocycles.